The van der Waals surface area contributed by atoms with Crippen LogP contribution in [0, 0.1) is 17.2 Å². The summed E-state index contributed by atoms with van der Waals surface area (Å²) in [6, 6.07) is 1.98. The second kappa shape index (κ2) is 6.65. The Morgan fingerprint density at radius 3 is 2.60 bits per heavy atom. The summed E-state index contributed by atoms with van der Waals surface area (Å²) in [4.78, 5) is 5.64. The smallest absolute Gasteiger partial charge is 0.279 e. The third kappa shape index (κ3) is 4.44. The molecule has 9 nitrogen and oxygen atoms in total. The first-order valence-electron chi connectivity index (χ1n) is 5.86. The van der Waals surface area contributed by atoms with Gasteiger partial charge in [0.05, 0.1) is 18.5 Å². The third-order valence-electron chi connectivity index (χ3n) is 2.42. The van der Waals surface area contributed by atoms with Gasteiger partial charge in [-0.15, -0.1) is 0 Å². The summed E-state index contributed by atoms with van der Waals surface area (Å²) >= 11 is 0. The molecule has 0 fully saturated rings. The van der Waals surface area contributed by atoms with Crippen molar-refractivity contribution in [1.82, 2.24) is 19.2 Å². The standard InChI is InChI=1S/C10H18N6O3S/c1-8(5-11)7-16(4)20(17,18)12-6-9-13-10(14-19-9)15(2)3/h8,12H,6-7H2,1-4H3/t8-/m0/s1. The molecule has 0 bridgehead atoms. The van der Waals surface area contributed by atoms with Crippen LogP contribution in [0.4, 0.5) is 5.95 Å². The molecule has 0 aromatic carbocycles. The van der Waals surface area contributed by atoms with Crippen LogP contribution in [0.3, 0.4) is 0 Å². The van der Waals surface area contributed by atoms with Crippen LogP contribution in [0.25, 0.3) is 0 Å². The van der Waals surface area contributed by atoms with Gasteiger partial charge in [-0.25, -0.2) is 0 Å². The maximum atomic E-state index is 11.9. The number of anilines is 1. The van der Waals surface area contributed by atoms with E-state index in [0.29, 0.717) is 5.95 Å². The molecule has 112 valence electrons. The second-order valence-electron chi connectivity index (χ2n) is 4.52. The van der Waals surface area contributed by atoms with Crippen molar-refractivity contribution in [3.8, 4) is 6.07 Å². The molecule has 1 N–H and O–H groups in total. The first-order chi connectivity index (χ1) is 9.26. The van der Waals surface area contributed by atoms with Crippen LogP contribution >= 0.6 is 0 Å². The Labute approximate surface area is 118 Å². The number of rotatable bonds is 7. The molecule has 0 spiro atoms. The van der Waals surface area contributed by atoms with E-state index in [1.165, 1.54) is 7.05 Å². The molecule has 0 unspecified atom stereocenters. The summed E-state index contributed by atoms with van der Waals surface area (Å²) in [7, 11) is 1.21. The topological polar surface area (TPSA) is 115 Å². The fourth-order valence-corrected chi connectivity index (χ4v) is 2.23. The maximum absolute atomic E-state index is 11.9. The van der Waals surface area contributed by atoms with Crippen molar-refractivity contribution in [2.24, 2.45) is 5.92 Å². The van der Waals surface area contributed by atoms with Gasteiger partial charge in [0.25, 0.3) is 16.2 Å². The van der Waals surface area contributed by atoms with E-state index in [2.05, 4.69) is 14.9 Å². The van der Waals surface area contributed by atoms with Crippen molar-refractivity contribution >= 4 is 16.2 Å². The van der Waals surface area contributed by atoms with E-state index in [1.807, 2.05) is 6.07 Å². The lowest BCUT2D eigenvalue weighted by molar-refractivity contribution is 0.370. The number of nitrogens with zero attached hydrogens (tertiary/aromatic N) is 5. The lowest BCUT2D eigenvalue weighted by atomic mass is 10.2. The van der Waals surface area contributed by atoms with Gasteiger partial charge in [-0.2, -0.15) is 27.7 Å². The van der Waals surface area contributed by atoms with E-state index in [4.69, 9.17) is 9.78 Å². The SMILES string of the molecule is C[C@@H](C#N)CN(C)S(=O)(=O)NCc1nc(N(C)C)no1. The molecule has 0 amide bonds. The Hall–Kier alpha value is -1.70. The van der Waals surface area contributed by atoms with Gasteiger partial charge in [0, 0.05) is 27.7 Å². The number of nitriles is 1. The van der Waals surface area contributed by atoms with Crippen LogP contribution in [0.2, 0.25) is 0 Å². The predicted molar refractivity (Wildman–Crippen MR) is 71.8 cm³/mol. The molecule has 1 rings (SSSR count). The van der Waals surface area contributed by atoms with Gasteiger partial charge in [-0.05, 0) is 12.1 Å². The highest BCUT2D eigenvalue weighted by Gasteiger charge is 2.20. The average Bonchev–Trinajstić information content (AvgIpc) is 2.85. The van der Waals surface area contributed by atoms with Gasteiger partial charge in [0.1, 0.15) is 0 Å². The Bertz CT molecular complexity index is 576. The molecule has 1 heterocycles. The molecule has 0 saturated carbocycles. The summed E-state index contributed by atoms with van der Waals surface area (Å²) < 4.78 is 32.1. The van der Waals surface area contributed by atoms with Crippen LogP contribution in [0.5, 0.6) is 0 Å². The summed E-state index contributed by atoms with van der Waals surface area (Å²) in [5.74, 6) is 0.144. The molecule has 20 heavy (non-hydrogen) atoms. The molecule has 0 aliphatic carbocycles. The van der Waals surface area contributed by atoms with Crippen LogP contribution in [0.15, 0.2) is 4.52 Å². The van der Waals surface area contributed by atoms with E-state index in [1.54, 1.807) is 25.9 Å². The number of nitrogens with one attached hydrogen (secondary N) is 1. The average molecular weight is 302 g/mol. The van der Waals surface area contributed by atoms with E-state index in [0.717, 1.165) is 4.31 Å². The molecule has 0 radical (unpaired) electrons. The Morgan fingerprint density at radius 2 is 2.10 bits per heavy atom. The van der Waals surface area contributed by atoms with Crippen LogP contribution < -0.4 is 9.62 Å². The van der Waals surface area contributed by atoms with Gasteiger partial charge in [-0.3, -0.25) is 0 Å². The monoisotopic (exact) mass is 302 g/mol. The third-order valence-corrected chi connectivity index (χ3v) is 3.90. The van der Waals surface area contributed by atoms with E-state index in [-0.39, 0.29) is 24.9 Å². The number of hydrogen-bond donors (Lipinski definition) is 1. The lowest BCUT2D eigenvalue weighted by Crippen LogP contribution is -2.39. The summed E-state index contributed by atoms with van der Waals surface area (Å²) in [5.41, 5.74) is 0. The lowest BCUT2D eigenvalue weighted by Gasteiger charge is -2.17. The largest absolute Gasteiger partial charge is 0.344 e. The molecule has 0 aliphatic rings. The van der Waals surface area contributed by atoms with Crippen LogP contribution in [-0.4, -0.2) is 50.6 Å². The molecule has 10 heteroatoms. The normalized spacial score (nSPS) is 13.2. The molecular formula is C10H18N6O3S. The van der Waals surface area contributed by atoms with Gasteiger partial charge >= 0.3 is 0 Å². The minimum Gasteiger partial charge on any atom is -0.344 e. The summed E-state index contributed by atoms with van der Waals surface area (Å²) in [6.07, 6.45) is 0. The van der Waals surface area contributed by atoms with Crippen molar-refractivity contribution < 1.29 is 12.9 Å². The van der Waals surface area contributed by atoms with Gasteiger partial charge in [-0.1, -0.05) is 0 Å². The minimum absolute atomic E-state index is 0.103. The Morgan fingerprint density at radius 1 is 1.45 bits per heavy atom. The summed E-state index contributed by atoms with van der Waals surface area (Å²) in [6.45, 7) is 1.65. The van der Waals surface area contributed by atoms with Crippen molar-refractivity contribution in [3.63, 3.8) is 0 Å². The number of aromatic nitrogens is 2. The molecular weight excluding hydrogens is 284 g/mol. The van der Waals surface area contributed by atoms with Crippen LogP contribution in [0.1, 0.15) is 12.8 Å². The molecule has 1 aromatic heterocycles. The molecule has 1 aromatic rings. The van der Waals surface area contributed by atoms with Gasteiger partial charge in [0.2, 0.25) is 5.89 Å². The molecule has 0 saturated heterocycles. The highest BCUT2D eigenvalue weighted by molar-refractivity contribution is 7.87. The summed E-state index contributed by atoms with van der Waals surface area (Å²) in [5, 5.41) is 12.4. The highest BCUT2D eigenvalue weighted by Crippen LogP contribution is 2.06. The van der Waals surface area contributed by atoms with Gasteiger partial charge in [0.15, 0.2) is 0 Å². The van der Waals surface area contributed by atoms with Crippen molar-refractivity contribution in [2.75, 3.05) is 32.6 Å². The first-order valence-corrected chi connectivity index (χ1v) is 7.30. The number of hydrogen-bond acceptors (Lipinski definition) is 7. The van der Waals surface area contributed by atoms with E-state index < -0.39 is 10.2 Å². The van der Waals surface area contributed by atoms with E-state index >= 15 is 0 Å². The Balaban J connectivity index is 2.60. The zero-order valence-electron chi connectivity index (χ0n) is 11.9. The van der Waals surface area contributed by atoms with E-state index in [9.17, 15) is 8.42 Å². The van der Waals surface area contributed by atoms with Crippen molar-refractivity contribution in [2.45, 2.75) is 13.5 Å². The molecule has 1 atom stereocenters. The fraction of sp³-hybridized carbons (Fsp3) is 0.700. The Kier molecular flexibility index (Phi) is 5.43. The first kappa shape index (κ1) is 16.4. The van der Waals surface area contributed by atoms with Crippen LogP contribution in [-0.2, 0) is 16.8 Å². The second-order valence-corrected chi connectivity index (χ2v) is 6.38. The zero-order chi connectivity index (χ0) is 15.3. The van der Waals surface area contributed by atoms with Gasteiger partial charge < -0.3 is 9.42 Å². The highest BCUT2D eigenvalue weighted by atomic mass is 32.2. The fourth-order valence-electron chi connectivity index (χ4n) is 1.29. The quantitative estimate of drug-likeness (QED) is 0.726. The maximum Gasteiger partial charge on any atom is 0.279 e. The predicted octanol–water partition coefficient (Wildman–Crippen LogP) is -0.439. The van der Waals surface area contributed by atoms with Crippen molar-refractivity contribution in [3.05, 3.63) is 5.89 Å². The minimum atomic E-state index is -3.68. The molecule has 0 aliphatic heterocycles. The zero-order valence-corrected chi connectivity index (χ0v) is 12.7. The van der Waals surface area contributed by atoms with Crippen molar-refractivity contribution in [1.29, 1.82) is 5.26 Å².